The van der Waals surface area contributed by atoms with E-state index in [4.69, 9.17) is 19.9 Å². The Bertz CT molecular complexity index is 742. The molecule has 0 aliphatic heterocycles. The number of nitrogens with two attached hydrogens (primary N) is 1. The molecule has 1 aromatic carbocycles. The summed E-state index contributed by atoms with van der Waals surface area (Å²) in [6.07, 6.45) is 2.39. The molecule has 0 atom stereocenters. The second kappa shape index (κ2) is 15.3. The predicted octanol–water partition coefficient (Wildman–Crippen LogP) is 4.36. The Hall–Kier alpha value is -2.48. The van der Waals surface area contributed by atoms with Gasteiger partial charge in [0.25, 0.3) is 0 Å². The van der Waals surface area contributed by atoms with Crippen molar-refractivity contribution in [3.05, 3.63) is 53.7 Å². The summed E-state index contributed by atoms with van der Waals surface area (Å²) in [5, 5.41) is 3.45. The lowest BCUT2D eigenvalue weighted by molar-refractivity contribution is -0.0936. The Labute approximate surface area is 187 Å². The van der Waals surface area contributed by atoms with Gasteiger partial charge in [-0.1, -0.05) is 39.8 Å². The van der Waals surface area contributed by atoms with Crippen LogP contribution in [-0.2, 0) is 16.0 Å². The first-order valence-corrected chi connectivity index (χ1v) is 10.8. The van der Waals surface area contributed by atoms with E-state index in [0.29, 0.717) is 29.7 Å². The number of methoxy groups -OCH3 is 2. The van der Waals surface area contributed by atoms with Crippen LogP contribution in [0, 0.1) is 5.92 Å². The highest BCUT2D eigenvalue weighted by Crippen LogP contribution is 2.20. The number of aliphatic imine (C=N–C) groups is 1. The molecule has 0 fully saturated rings. The van der Waals surface area contributed by atoms with E-state index in [2.05, 4.69) is 41.3 Å². The van der Waals surface area contributed by atoms with Gasteiger partial charge >= 0.3 is 0 Å². The lowest BCUT2D eigenvalue weighted by atomic mass is 10.1. The summed E-state index contributed by atoms with van der Waals surface area (Å²) in [5.74, 6) is 2.32. The Kier molecular flexibility index (Phi) is 13.1. The molecule has 0 aliphatic rings. The van der Waals surface area contributed by atoms with Crippen molar-refractivity contribution in [2.45, 2.75) is 47.0 Å². The van der Waals surface area contributed by atoms with Crippen molar-refractivity contribution < 1.29 is 14.2 Å². The van der Waals surface area contributed by atoms with Gasteiger partial charge in [0.05, 0.1) is 6.54 Å². The maximum absolute atomic E-state index is 5.99. The molecule has 0 radical (unpaired) electrons. The number of pyridine rings is 1. The fraction of sp³-hybridized carbons (Fsp3) is 0.500. The lowest BCUT2D eigenvalue weighted by Gasteiger charge is -2.11. The number of nitrogens with zero attached hydrogens (tertiary/aromatic N) is 2. The molecule has 3 N–H and O–H groups in total. The van der Waals surface area contributed by atoms with Gasteiger partial charge in [-0.15, -0.1) is 0 Å². The largest absolute Gasteiger partial charge is 0.439 e. The van der Waals surface area contributed by atoms with Crippen LogP contribution in [0.15, 0.2) is 47.6 Å². The molecule has 1 aromatic heterocycles. The zero-order valence-corrected chi connectivity index (χ0v) is 19.7. The maximum Gasteiger partial charge on any atom is 0.219 e. The predicted molar refractivity (Wildman–Crippen MR) is 127 cm³/mol. The number of nitrogens with one attached hydrogen (secondary N) is 1. The highest BCUT2D eigenvalue weighted by Gasteiger charge is 2.06. The summed E-state index contributed by atoms with van der Waals surface area (Å²) >= 11 is 0. The number of amidine groups is 1. The van der Waals surface area contributed by atoms with Crippen LogP contribution in [0.2, 0.25) is 0 Å². The molecule has 0 spiro atoms. The van der Waals surface area contributed by atoms with Gasteiger partial charge < -0.3 is 25.3 Å². The first-order valence-electron chi connectivity index (χ1n) is 10.8. The molecule has 31 heavy (non-hydrogen) atoms. The normalized spacial score (nSPS) is 11.4. The van der Waals surface area contributed by atoms with Crippen LogP contribution in [0.1, 0.15) is 45.2 Å². The van der Waals surface area contributed by atoms with Gasteiger partial charge in [-0.3, -0.25) is 4.99 Å². The van der Waals surface area contributed by atoms with Crippen molar-refractivity contribution >= 4 is 5.84 Å². The van der Waals surface area contributed by atoms with Crippen molar-refractivity contribution in [1.29, 1.82) is 0 Å². The first-order chi connectivity index (χ1) is 15.0. The van der Waals surface area contributed by atoms with Crippen LogP contribution >= 0.6 is 0 Å². The Morgan fingerprint density at radius 3 is 2.29 bits per heavy atom. The molecule has 2 aromatic rings. The molecule has 1 heterocycles. The van der Waals surface area contributed by atoms with E-state index >= 15 is 0 Å². The second-order valence-corrected chi connectivity index (χ2v) is 7.12. The molecule has 0 aliphatic carbocycles. The Morgan fingerprint density at radius 2 is 1.74 bits per heavy atom. The van der Waals surface area contributed by atoms with Crippen LogP contribution < -0.4 is 15.8 Å². The monoisotopic (exact) mass is 430 g/mol. The minimum Gasteiger partial charge on any atom is -0.439 e. The molecular formula is C24H38N4O3. The minimum absolute atomic E-state index is 0.315. The molecular weight excluding hydrogens is 392 g/mol. The first kappa shape index (κ1) is 26.6. The number of ether oxygens (including phenoxy) is 3. The smallest absolute Gasteiger partial charge is 0.219 e. The fourth-order valence-corrected chi connectivity index (χ4v) is 2.52. The van der Waals surface area contributed by atoms with Crippen LogP contribution in [0.4, 0.5) is 0 Å². The topological polar surface area (TPSA) is 91.0 Å². The van der Waals surface area contributed by atoms with E-state index in [-0.39, 0.29) is 0 Å². The number of benzene rings is 1. The van der Waals surface area contributed by atoms with E-state index < -0.39 is 6.29 Å². The van der Waals surface area contributed by atoms with Crippen molar-refractivity contribution in [2.75, 3.05) is 27.3 Å². The molecule has 0 amide bonds. The highest BCUT2D eigenvalue weighted by molar-refractivity contribution is 5.97. The molecule has 0 unspecified atom stereocenters. The van der Waals surface area contributed by atoms with E-state index in [9.17, 15) is 0 Å². The van der Waals surface area contributed by atoms with Gasteiger partial charge in [0.1, 0.15) is 11.6 Å². The summed E-state index contributed by atoms with van der Waals surface area (Å²) in [6.45, 7) is 10.7. The van der Waals surface area contributed by atoms with E-state index in [1.165, 1.54) is 12.0 Å². The summed E-state index contributed by atoms with van der Waals surface area (Å²) in [7, 11) is 3.12. The zero-order valence-electron chi connectivity index (χ0n) is 19.7. The number of hydrogen-bond acceptors (Lipinski definition) is 6. The quantitative estimate of drug-likeness (QED) is 0.225. The van der Waals surface area contributed by atoms with Gasteiger partial charge in [-0.05, 0) is 42.6 Å². The van der Waals surface area contributed by atoms with Gasteiger partial charge in [0.15, 0.2) is 6.29 Å². The highest BCUT2D eigenvalue weighted by atomic mass is 16.7. The third-order valence-corrected chi connectivity index (χ3v) is 4.34. The third-order valence-electron chi connectivity index (χ3n) is 4.34. The molecule has 7 nitrogen and oxygen atoms in total. The standard InChI is InChI=1S/C22H32N4O3.C2H6/c1-16(2)11-12-24-13-17-5-8-19(9-6-17)29-20-10-7-18(14-25-20)22(23)26-15-21(27-3)28-4;1-2/h5-10,14,16,21,24H,11-13,15H2,1-4H3,(H2,23,26);1-2H3. The number of aromatic nitrogens is 1. The number of rotatable bonds is 12. The van der Waals surface area contributed by atoms with Crippen LogP contribution in [0.25, 0.3) is 0 Å². The van der Waals surface area contributed by atoms with Crippen molar-refractivity contribution in [1.82, 2.24) is 10.3 Å². The Morgan fingerprint density at radius 1 is 1.06 bits per heavy atom. The lowest BCUT2D eigenvalue weighted by Crippen LogP contribution is -2.21. The van der Waals surface area contributed by atoms with Crippen LogP contribution in [-0.4, -0.2) is 44.4 Å². The third kappa shape index (κ3) is 10.4. The number of hydrogen-bond donors (Lipinski definition) is 2. The molecule has 2 rings (SSSR count). The molecule has 7 heteroatoms. The maximum atomic E-state index is 5.99. The molecule has 0 saturated heterocycles. The zero-order chi connectivity index (χ0) is 23.1. The minimum atomic E-state index is -0.419. The molecule has 0 bridgehead atoms. The SMILES string of the molecule is CC.COC(CN=C(N)c1ccc(Oc2ccc(CNCCC(C)C)cc2)nc1)OC. The summed E-state index contributed by atoms with van der Waals surface area (Å²) in [5.41, 5.74) is 7.93. The fourth-order valence-electron chi connectivity index (χ4n) is 2.52. The Balaban J connectivity index is 0.00000233. The summed E-state index contributed by atoms with van der Waals surface area (Å²) in [4.78, 5) is 8.56. The van der Waals surface area contributed by atoms with Crippen molar-refractivity contribution in [3.63, 3.8) is 0 Å². The van der Waals surface area contributed by atoms with Gasteiger partial charge in [0.2, 0.25) is 5.88 Å². The van der Waals surface area contributed by atoms with Gasteiger partial charge in [-0.25, -0.2) is 4.98 Å². The van der Waals surface area contributed by atoms with Crippen molar-refractivity contribution in [3.8, 4) is 11.6 Å². The van der Waals surface area contributed by atoms with Gasteiger partial charge in [-0.2, -0.15) is 0 Å². The van der Waals surface area contributed by atoms with Gasteiger partial charge in [0, 0.05) is 38.6 Å². The van der Waals surface area contributed by atoms with E-state index in [0.717, 1.165) is 18.8 Å². The van der Waals surface area contributed by atoms with E-state index in [1.807, 2.05) is 32.0 Å². The molecule has 172 valence electrons. The van der Waals surface area contributed by atoms with Crippen LogP contribution in [0.3, 0.4) is 0 Å². The van der Waals surface area contributed by atoms with Crippen LogP contribution in [0.5, 0.6) is 11.6 Å². The average molecular weight is 431 g/mol. The van der Waals surface area contributed by atoms with Crippen molar-refractivity contribution in [2.24, 2.45) is 16.6 Å². The average Bonchev–Trinajstić information content (AvgIpc) is 2.80. The summed E-state index contributed by atoms with van der Waals surface area (Å²) in [6, 6.07) is 11.6. The van der Waals surface area contributed by atoms with E-state index in [1.54, 1.807) is 26.5 Å². The second-order valence-electron chi connectivity index (χ2n) is 7.12. The summed E-state index contributed by atoms with van der Waals surface area (Å²) < 4.78 is 16.0. The molecule has 0 saturated carbocycles.